The van der Waals surface area contributed by atoms with Crippen molar-refractivity contribution < 1.29 is 23.9 Å². The lowest BCUT2D eigenvalue weighted by Crippen LogP contribution is -2.63. The van der Waals surface area contributed by atoms with Gasteiger partial charge < -0.3 is 19.7 Å². The summed E-state index contributed by atoms with van der Waals surface area (Å²) in [5, 5.41) is 3.02. The summed E-state index contributed by atoms with van der Waals surface area (Å²) in [6, 6.07) is 7.46. The number of nitrogens with one attached hydrogen (secondary N) is 1. The summed E-state index contributed by atoms with van der Waals surface area (Å²) in [7, 11) is 2.99. The van der Waals surface area contributed by atoms with Gasteiger partial charge in [0.25, 0.3) is 5.91 Å². The molecule has 1 fully saturated rings. The number of methoxy groups -OCH3 is 2. The van der Waals surface area contributed by atoms with E-state index in [1.165, 1.54) is 7.11 Å². The molecule has 1 atom stereocenters. The lowest BCUT2D eigenvalue weighted by Gasteiger charge is -2.53. The fourth-order valence-corrected chi connectivity index (χ4v) is 5.00. The minimum Gasteiger partial charge on any atom is -0.469 e. The van der Waals surface area contributed by atoms with Crippen LogP contribution in [0.4, 0.5) is 0 Å². The van der Waals surface area contributed by atoms with Gasteiger partial charge in [-0.3, -0.25) is 14.4 Å². The minimum absolute atomic E-state index is 0.0145. The van der Waals surface area contributed by atoms with Crippen molar-refractivity contribution in [1.29, 1.82) is 0 Å². The number of hydrogen-bond acceptors (Lipinski definition) is 5. The molecule has 1 saturated carbocycles. The molecule has 1 aliphatic carbocycles. The van der Waals surface area contributed by atoms with Crippen LogP contribution in [0.25, 0.3) is 0 Å². The van der Waals surface area contributed by atoms with Crippen LogP contribution in [0.2, 0.25) is 0 Å². The van der Waals surface area contributed by atoms with Gasteiger partial charge in [-0.25, -0.2) is 0 Å². The van der Waals surface area contributed by atoms with E-state index in [1.54, 1.807) is 7.11 Å². The van der Waals surface area contributed by atoms with E-state index in [0.717, 1.165) is 37.7 Å². The Labute approximate surface area is 178 Å². The fraction of sp³-hybridized carbons (Fsp3) is 0.609. The second-order valence-corrected chi connectivity index (χ2v) is 8.10. The zero-order valence-corrected chi connectivity index (χ0v) is 17.9. The summed E-state index contributed by atoms with van der Waals surface area (Å²) in [5.41, 5.74) is 0.873. The minimum atomic E-state index is -0.533. The van der Waals surface area contributed by atoms with Gasteiger partial charge in [-0.05, 0) is 30.9 Å². The van der Waals surface area contributed by atoms with Gasteiger partial charge in [0.2, 0.25) is 5.91 Å². The smallest absolute Gasteiger partial charge is 0.305 e. The summed E-state index contributed by atoms with van der Waals surface area (Å²) in [6.45, 7) is 1.30. The van der Waals surface area contributed by atoms with E-state index in [9.17, 15) is 14.4 Å². The fourth-order valence-electron chi connectivity index (χ4n) is 5.00. The molecule has 2 amide bonds. The highest BCUT2D eigenvalue weighted by Crippen LogP contribution is 2.49. The number of benzene rings is 1. The number of carbonyl (C=O) groups excluding carboxylic acids is 3. The highest BCUT2D eigenvalue weighted by atomic mass is 16.5. The van der Waals surface area contributed by atoms with Crippen LogP contribution >= 0.6 is 0 Å². The molecular formula is C23H32N2O5. The lowest BCUT2D eigenvalue weighted by molar-refractivity contribution is -0.141. The predicted octanol–water partition coefficient (Wildman–Crippen LogP) is 2.64. The van der Waals surface area contributed by atoms with Gasteiger partial charge >= 0.3 is 5.97 Å². The molecule has 1 N–H and O–H groups in total. The number of rotatable bonds is 8. The number of esters is 1. The van der Waals surface area contributed by atoms with E-state index in [1.807, 2.05) is 29.2 Å². The Morgan fingerprint density at radius 3 is 2.60 bits per heavy atom. The molecule has 164 valence electrons. The Hall–Kier alpha value is -2.41. The lowest BCUT2D eigenvalue weighted by atomic mass is 9.65. The van der Waals surface area contributed by atoms with Gasteiger partial charge in [0.05, 0.1) is 25.2 Å². The first-order valence-corrected chi connectivity index (χ1v) is 10.8. The highest BCUT2D eigenvalue weighted by molar-refractivity contribution is 6.02. The molecule has 1 spiro atoms. The third-order valence-corrected chi connectivity index (χ3v) is 6.41. The van der Waals surface area contributed by atoms with E-state index >= 15 is 0 Å². The average molecular weight is 417 g/mol. The van der Waals surface area contributed by atoms with Crippen LogP contribution in [0.15, 0.2) is 24.3 Å². The molecule has 30 heavy (non-hydrogen) atoms. The first kappa shape index (κ1) is 22.3. The zero-order chi connectivity index (χ0) is 21.6. The molecule has 0 aromatic heterocycles. The standard InChI is InChI=1S/C23H32N2O5/c1-29-16-15-25-22(28)18-10-5-4-9-17(18)20(23(25)12-6-3-7-13-23)21(27)24-14-8-11-19(26)30-2/h4-5,9-10,20H,3,6-8,11-16H2,1-2H3,(H,24,27). The SMILES string of the molecule is COCCN1C(=O)c2ccccc2C(C(=O)NCCCC(=O)OC)C12CCCCC2. The van der Waals surface area contributed by atoms with E-state index in [-0.39, 0.29) is 24.2 Å². The summed E-state index contributed by atoms with van der Waals surface area (Å²) in [6.07, 6.45) is 5.49. The molecule has 2 aliphatic rings. The van der Waals surface area contributed by atoms with Crippen LogP contribution in [0.3, 0.4) is 0 Å². The third kappa shape index (κ3) is 4.36. The summed E-state index contributed by atoms with van der Waals surface area (Å²) < 4.78 is 9.95. The average Bonchev–Trinajstić information content (AvgIpc) is 2.77. The van der Waals surface area contributed by atoms with Gasteiger partial charge in [-0.2, -0.15) is 0 Å². The second-order valence-electron chi connectivity index (χ2n) is 8.10. The van der Waals surface area contributed by atoms with Crippen LogP contribution in [0, 0.1) is 0 Å². The molecule has 1 aliphatic heterocycles. The van der Waals surface area contributed by atoms with Gasteiger partial charge in [-0.1, -0.05) is 37.5 Å². The van der Waals surface area contributed by atoms with E-state index < -0.39 is 11.5 Å². The topological polar surface area (TPSA) is 84.9 Å². The molecule has 1 unspecified atom stereocenters. The first-order chi connectivity index (χ1) is 14.5. The Kier molecular flexibility index (Phi) is 7.48. The number of ether oxygens (including phenoxy) is 2. The maximum absolute atomic E-state index is 13.5. The summed E-state index contributed by atoms with van der Waals surface area (Å²) >= 11 is 0. The Morgan fingerprint density at radius 1 is 1.17 bits per heavy atom. The Balaban J connectivity index is 1.92. The van der Waals surface area contributed by atoms with Crippen molar-refractivity contribution in [2.45, 2.75) is 56.4 Å². The van der Waals surface area contributed by atoms with E-state index in [2.05, 4.69) is 10.1 Å². The summed E-state index contributed by atoms with van der Waals surface area (Å²) in [4.78, 5) is 40.1. The van der Waals surface area contributed by atoms with Crippen LogP contribution < -0.4 is 5.32 Å². The quantitative estimate of drug-likeness (QED) is 0.520. The molecule has 0 radical (unpaired) electrons. The van der Waals surface area contributed by atoms with Crippen molar-refractivity contribution in [3.05, 3.63) is 35.4 Å². The molecule has 1 heterocycles. The third-order valence-electron chi connectivity index (χ3n) is 6.41. The van der Waals surface area contributed by atoms with Gasteiger partial charge in [0.15, 0.2) is 0 Å². The molecule has 3 rings (SSSR count). The van der Waals surface area contributed by atoms with Crippen LogP contribution in [-0.2, 0) is 19.1 Å². The molecule has 1 aromatic rings. The number of fused-ring (bicyclic) bond motifs is 1. The molecule has 0 bridgehead atoms. The largest absolute Gasteiger partial charge is 0.469 e. The van der Waals surface area contributed by atoms with Crippen molar-refractivity contribution in [2.24, 2.45) is 0 Å². The second kappa shape index (κ2) is 10.1. The molecule has 1 aromatic carbocycles. The maximum Gasteiger partial charge on any atom is 0.305 e. The zero-order valence-electron chi connectivity index (χ0n) is 17.9. The van der Waals surface area contributed by atoms with Crippen LogP contribution in [0.1, 0.15) is 66.8 Å². The van der Waals surface area contributed by atoms with Gasteiger partial charge in [0, 0.05) is 32.2 Å². The van der Waals surface area contributed by atoms with Crippen molar-refractivity contribution in [3.8, 4) is 0 Å². The normalized spacial score (nSPS) is 20.0. The maximum atomic E-state index is 13.5. The number of hydrogen-bond donors (Lipinski definition) is 1. The van der Waals surface area contributed by atoms with Crippen molar-refractivity contribution in [2.75, 3.05) is 33.9 Å². The van der Waals surface area contributed by atoms with E-state index in [4.69, 9.17) is 4.74 Å². The number of amides is 2. The summed E-state index contributed by atoms with van der Waals surface area (Å²) in [5.74, 6) is -0.808. The predicted molar refractivity (Wildman–Crippen MR) is 112 cm³/mol. The van der Waals surface area contributed by atoms with Crippen LogP contribution in [0.5, 0.6) is 0 Å². The molecule has 0 saturated heterocycles. The monoisotopic (exact) mass is 416 g/mol. The van der Waals surface area contributed by atoms with E-state index in [0.29, 0.717) is 31.7 Å². The Bertz CT molecular complexity index is 773. The molecule has 7 heteroatoms. The van der Waals surface area contributed by atoms with Crippen molar-refractivity contribution >= 4 is 17.8 Å². The van der Waals surface area contributed by atoms with Crippen molar-refractivity contribution in [3.63, 3.8) is 0 Å². The van der Waals surface area contributed by atoms with Crippen LogP contribution in [-0.4, -0.2) is 62.1 Å². The Morgan fingerprint density at radius 2 is 1.90 bits per heavy atom. The number of carbonyl (C=O) groups is 3. The molecular weight excluding hydrogens is 384 g/mol. The van der Waals surface area contributed by atoms with Crippen molar-refractivity contribution in [1.82, 2.24) is 10.2 Å². The highest BCUT2D eigenvalue weighted by Gasteiger charge is 2.54. The first-order valence-electron chi connectivity index (χ1n) is 10.8. The molecule has 7 nitrogen and oxygen atoms in total. The van der Waals surface area contributed by atoms with Gasteiger partial charge in [0.1, 0.15) is 0 Å². The van der Waals surface area contributed by atoms with Gasteiger partial charge in [-0.15, -0.1) is 0 Å². The number of nitrogens with zero attached hydrogens (tertiary/aromatic N) is 1.